The van der Waals surface area contributed by atoms with Gasteiger partial charge in [0, 0.05) is 74.5 Å². The number of carbonyl (C=O) groups excluding carboxylic acids is 12. The van der Waals surface area contributed by atoms with Crippen molar-refractivity contribution in [1.29, 1.82) is 0 Å². The lowest BCUT2D eigenvalue weighted by atomic mass is 9.76. The van der Waals surface area contributed by atoms with Crippen LogP contribution in [0.1, 0.15) is 221 Å². The van der Waals surface area contributed by atoms with Gasteiger partial charge in [-0.2, -0.15) is 0 Å². The molecule has 4 aliphatic carbocycles. The van der Waals surface area contributed by atoms with Crippen LogP contribution < -0.4 is 16.0 Å². The lowest BCUT2D eigenvalue weighted by Gasteiger charge is -2.45. The first-order valence-corrected chi connectivity index (χ1v) is 39.2. The number of amides is 12. The highest BCUT2D eigenvalue weighted by Gasteiger charge is 2.53. The molecular weight excluding hydrogens is 1290 g/mol. The topological polar surface area (TPSA) is 273 Å². The van der Waals surface area contributed by atoms with E-state index in [-0.39, 0.29) is 56.0 Å². The Hall–Kier alpha value is -6.40. The van der Waals surface area contributed by atoms with Gasteiger partial charge in [0.2, 0.25) is 70.9 Å². The van der Waals surface area contributed by atoms with Gasteiger partial charge >= 0.3 is 0 Å². The van der Waals surface area contributed by atoms with Gasteiger partial charge in [0.25, 0.3) is 0 Å². The van der Waals surface area contributed by atoms with Crippen LogP contribution in [0.15, 0.2) is 0 Å². The molecule has 5 saturated heterocycles. The largest absolute Gasteiger partial charge is 0.343 e. The van der Waals surface area contributed by atoms with Crippen LogP contribution in [-0.2, 0) is 57.5 Å². The molecule has 3 unspecified atom stereocenters. The third-order valence-electron chi connectivity index (χ3n) is 25.7. The summed E-state index contributed by atoms with van der Waals surface area (Å²) < 4.78 is 0. The summed E-state index contributed by atoms with van der Waals surface area (Å²) in [6.45, 7) is 11.0. The Balaban J connectivity index is 1.07. The van der Waals surface area contributed by atoms with E-state index >= 15 is 38.4 Å². The molecule has 12 amide bonds. The second-order valence-corrected chi connectivity index (χ2v) is 32.8. The van der Waals surface area contributed by atoms with Crippen LogP contribution in [0.2, 0.25) is 0 Å². The first kappa shape index (κ1) is 78.7. The van der Waals surface area contributed by atoms with Crippen LogP contribution in [0.5, 0.6) is 0 Å². The van der Waals surface area contributed by atoms with Crippen LogP contribution >= 0.6 is 0 Å². The van der Waals surface area contributed by atoms with Crippen molar-refractivity contribution in [2.75, 3.05) is 88.6 Å². The summed E-state index contributed by atoms with van der Waals surface area (Å²) in [5.41, 5.74) is -1.45. The van der Waals surface area contributed by atoms with Crippen molar-refractivity contribution in [2.24, 2.45) is 35.5 Å². The summed E-state index contributed by atoms with van der Waals surface area (Å²) in [4.78, 5) is 197. The van der Waals surface area contributed by atoms with Crippen molar-refractivity contribution in [3.8, 4) is 0 Å². The highest BCUT2D eigenvalue weighted by atomic mass is 16.2. The summed E-state index contributed by atoms with van der Waals surface area (Å²) in [5, 5.41) is 9.27. The molecule has 0 bridgehead atoms. The maximum atomic E-state index is 15.8. The lowest BCUT2D eigenvalue weighted by molar-refractivity contribution is -0.160. The van der Waals surface area contributed by atoms with E-state index in [4.69, 9.17) is 0 Å². The Kier molecular flexibility index (Phi) is 27.2. The van der Waals surface area contributed by atoms with Gasteiger partial charge in [-0.3, -0.25) is 57.5 Å². The van der Waals surface area contributed by atoms with Gasteiger partial charge in [0.15, 0.2) is 0 Å². The third kappa shape index (κ3) is 18.0. The highest BCUT2D eigenvalue weighted by molar-refractivity contribution is 6.01. The molecule has 5 aliphatic heterocycles. The van der Waals surface area contributed by atoms with E-state index in [9.17, 15) is 19.2 Å². The Labute approximate surface area is 601 Å². The van der Waals surface area contributed by atoms with E-state index in [0.717, 1.165) is 96.4 Å². The molecule has 25 heteroatoms. The monoisotopic (exact) mass is 1410 g/mol. The summed E-state index contributed by atoms with van der Waals surface area (Å²) in [6, 6.07) is -9.40. The number of hydrogen-bond acceptors (Lipinski definition) is 13. The molecule has 9 aliphatic rings. The van der Waals surface area contributed by atoms with Crippen LogP contribution in [0, 0.1) is 35.5 Å². The fraction of sp³-hybridized carbons (Fsp3) is 0.842. The minimum absolute atomic E-state index is 0.113. The van der Waals surface area contributed by atoms with Gasteiger partial charge in [-0.05, 0) is 165 Å². The number of nitrogens with one attached hydrogen (secondary N) is 3. The molecule has 0 aromatic rings. The van der Waals surface area contributed by atoms with Gasteiger partial charge in [-0.1, -0.05) is 98.3 Å². The number of hydrogen-bond donors (Lipinski definition) is 3. The number of piperidine rings is 1. The van der Waals surface area contributed by atoms with E-state index in [2.05, 4.69) is 27.9 Å². The van der Waals surface area contributed by atoms with Crippen molar-refractivity contribution in [2.45, 2.75) is 287 Å². The molecule has 3 N–H and O–H groups in total. The van der Waals surface area contributed by atoms with Gasteiger partial charge in [0.05, 0.1) is 13.0 Å². The quantitative estimate of drug-likeness (QED) is 0.242. The number of rotatable bonds is 11. The normalized spacial score (nSPS) is 32.3. The first-order valence-electron chi connectivity index (χ1n) is 39.2. The fourth-order valence-electron chi connectivity index (χ4n) is 18.7. The molecule has 5 heterocycles. The van der Waals surface area contributed by atoms with Crippen LogP contribution in [0.25, 0.3) is 0 Å². The molecule has 25 nitrogen and oxygen atoms in total. The van der Waals surface area contributed by atoms with E-state index in [1.54, 1.807) is 30.8 Å². The predicted molar refractivity (Wildman–Crippen MR) is 382 cm³/mol. The highest BCUT2D eigenvalue weighted by Crippen LogP contribution is 2.41. The summed E-state index contributed by atoms with van der Waals surface area (Å²) in [6.07, 6.45) is 18.4. The third-order valence-corrected chi connectivity index (χ3v) is 25.7. The molecule has 101 heavy (non-hydrogen) atoms. The average molecular weight is 1410 g/mol. The minimum atomic E-state index is -1.45. The van der Waals surface area contributed by atoms with Gasteiger partial charge in [0.1, 0.15) is 59.9 Å². The second-order valence-electron chi connectivity index (χ2n) is 32.8. The zero-order chi connectivity index (χ0) is 73.3. The smallest absolute Gasteiger partial charge is 0.248 e. The maximum absolute atomic E-state index is 15.8. The number of nitrogens with zero attached hydrogens (tertiary/aromatic N) is 10. The van der Waals surface area contributed by atoms with Crippen molar-refractivity contribution >= 4 is 70.9 Å². The molecule has 4 saturated carbocycles. The molecular formula is C76H125N13O12. The molecule has 0 radical (unpaired) electrons. The summed E-state index contributed by atoms with van der Waals surface area (Å²) in [5.74, 6) is -5.99. The van der Waals surface area contributed by atoms with Gasteiger partial charge in [-0.15, -0.1) is 0 Å². The van der Waals surface area contributed by atoms with E-state index in [0.29, 0.717) is 95.7 Å². The Morgan fingerprint density at radius 2 is 1.19 bits per heavy atom. The van der Waals surface area contributed by atoms with Crippen molar-refractivity contribution in [1.82, 2.24) is 64.9 Å². The van der Waals surface area contributed by atoms with Gasteiger partial charge in [-0.25, -0.2) is 0 Å². The lowest BCUT2D eigenvalue weighted by Crippen LogP contribution is -2.65. The molecule has 566 valence electrons. The molecule has 13 atom stereocenters. The number of likely N-dealkylation sites (tertiary alicyclic amines) is 2. The minimum Gasteiger partial charge on any atom is -0.343 e. The Morgan fingerprint density at radius 3 is 1.83 bits per heavy atom. The SMILES string of the molecule is CC[C@H](C)[C@@H]1NC(=O)[C@H](CC(C)C)N(C)C(=O)C[C@@H](C(=O)N2CCCCC2)N(C)C(=O)[C@H](C2CCCC2)N(C)C(=O)C2(CCCC2)NC(=O)[C@@H]2CCCN2C(=O)[C@H](CCC2CCC3CCN(C)C3C2)NC(=O)CN(C)C(=O)[C@H](CC2CCCCC2)N(C)C(=O)[C@@H]2CCN2C(=O)[C@H](C)N(C)C1=O. The standard InChI is InChI=1S/C76H125N13O12/c1-13-49(4)64-73(99)82(8)50(5)68(94)89-42-35-57(89)71(97)84(10)60(45-51-25-16-14-17-26-51)70(96)81(7)47-62(90)77-55(33-31-52-30-32-53-34-41-80(6)58(53)44-52)69(95)88-40-24-29-56(88)67(93)79-76(36-20-21-37-76)75(101)86(12)65(54-27-18-19-28-54)74(100)85(11)61(72(98)87-38-22-15-23-39-87)46-63(91)83(9)59(43-48(2)3)66(92)78-64/h48-61,64-65H,13-47H2,1-12H3,(H,77,90)(H,78,92)(H,79,93)/t49-,50-,52?,53?,55-,56-,57-,58?,59-,60-,61-,64-,65-/m0/s1. The number of carbonyl (C=O) groups is 12. The number of likely N-dealkylation sites (N-methyl/N-ethyl adjacent to an activating group) is 6. The molecule has 9 fully saturated rings. The van der Waals surface area contributed by atoms with Crippen molar-refractivity contribution in [3.63, 3.8) is 0 Å². The second kappa shape index (κ2) is 34.9. The van der Waals surface area contributed by atoms with Crippen molar-refractivity contribution in [3.05, 3.63) is 0 Å². The molecule has 0 aromatic carbocycles. The molecule has 9 rings (SSSR count). The van der Waals surface area contributed by atoms with E-state index in [1.165, 1.54) is 62.5 Å². The van der Waals surface area contributed by atoms with Crippen molar-refractivity contribution < 1.29 is 57.5 Å². The fourth-order valence-corrected chi connectivity index (χ4v) is 18.7. The summed E-state index contributed by atoms with van der Waals surface area (Å²) >= 11 is 0. The number of fused-ring (bicyclic) bond motifs is 3. The maximum Gasteiger partial charge on any atom is 0.248 e. The summed E-state index contributed by atoms with van der Waals surface area (Å²) in [7, 11) is 11.4. The zero-order valence-electron chi connectivity index (χ0n) is 63.4. The first-order chi connectivity index (χ1) is 48.1. The predicted octanol–water partition coefficient (Wildman–Crippen LogP) is 5.16. The van der Waals surface area contributed by atoms with Crippen LogP contribution in [0.4, 0.5) is 0 Å². The molecule has 0 aromatic heterocycles. The Bertz CT molecular complexity index is 2980. The zero-order valence-corrected chi connectivity index (χ0v) is 63.4. The van der Waals surface area contributed by atoms with E-state index in [1.807, 2.05) is 27.7 Å². The molecule has 1 spiro atoms. The van der Waals surface area contributed by atoms with Gasteiger partial charge < -0.3 is 64.9 Å². The van der Waals surface area contributed by atoms with Crippen LogP contribution in [0.3, 0.4) is 0 Å². The van der Waals surface area contributed by atoms with Crippen LogP contribution in [-0.4, -0.2) is 274 Å². The average Bonchev–Trinajstić information content (AvgIpc) is 1.55. The Morgan fingerprint density at radius 1 is 0.535 bits per heavy atom. The van der Waals surface area contributed by atoms with E-state index < -0.39 is 150 Å².